The van der Waals surface area contributed by atoms with E-state index in [2.05, 4.69) is 26.1 Å². The fourth-order valence-electron chi connectivity index (χ4n) is 2.50. The van der Waals surface area contributed by atoms with E-state index in [1.165, 1.54) is 32.2 Å². The van der Waals surface area contributed by atoms with E-state index < -0.39 is 0 Å². The minimum Gasteiger partial charge on any atom is -0.313 e. The van der Waals surface area contributed by atoms with Gasteiger partial charge in [0.15, 0.2) is 0 Å². The van der Waals surface area contributed by atoms with Gasteiger partial charge in [0.1, 0.15) is 0 Å². The second-order valence-electron chi connectivity index (χ2n) is 4.20. The van der Waals surface area contributed by atoms with Gasteiger partial charge >= 0.3 is 0 Å². The Hall–Kier alpha value is -0.0400. The molecular weight excluding hydrogens is 146 g/mol. The van der Waals surface area contributed by atoms with Crippen molar-refractivity contribution in [2.24, 2.45) is 11.8 Å². The Kier molecular flexibility index (Phi) is 4.07. The molecule has 1 heterocycles. The smallest absolute Gasteiger partial charge is 0.0121 e. The number of hydrogen-bond donors (Lipinski definition) is 1. The Bertz CT molecular complexity index is 122. The number of nitrogens with one attached hydrogen (secondary N) is 1. The van der Waals surface area contributed by atoms with E-state index in [-0.39, 0.29) is 0 Å². The predicted molar refractivity (Wildman–Crippen MR) is 54.3 cm³/mol. The summed E-state index contributed by atoms with van der Waals surface area (Å²) in [6.45, 7) is 8.25. The van der Waals surface area contributed by atoms with Crippen LogP contribution in [0, 0.1) is 11.8 Å². The van der Waals surface area contributed by atoms with Crippen molar-refractivity contribution in [3.05, 3.63) is 0 Å². The van der Waals surface area contributed by atoms with Crippen molar-refractivity contribution in [3.63, 3.8) is 0 Å². The zero-order valence-corrected chi connectivity index (χ0v) is 8.77. The van der Waals surface area contributed by atoms with Gasteiger partial charge in [-0.2, -0.15) is 0 Å². The van der Waals surface area contributed by atoms with E-state index in [1.807, 2.05) is 0 Å². The minimum atomic E-state index is 0.815. The maximum absolute atomic E-state index is 3.64. The average molecular weight is 169 g/mol. The van der Waals surface area contributed by atoms with Crippen LogP contribution in [-0.2, 0) is 0 Å². The molecule has 0 aromatic carbocycles. The maximum Gasteiger partial charge on any atom is 0.0121 e. The first-order valence-corrected chi connectivity index (χ1v) is 5.53. The quantitative estimate of drug-likeness (QED) is 0.682. The van der Waals surface area contributed by atoms with Gasteiger partial charge in [0.05, 0.1) is 0 Å². The first kappa shape index (κ1) is 10.0. The molecule has 1 saturated heterocycles. The molecule has 1 heteroatoms. The molecule has 0 aliphatic carbocycles. The summed E-state index contributed by atoms with van der Waals surface area (Å²) in [5.74, 6) is 1.83. The Morgan fingerprint density at radius 1 is 1.42 bits per heavy atom. The molecule has 3 unspecified atom stereocenters. The molecule has 0 radical (unpaired) electrons. The molecule has 1 aliphatic heterocycles. The second kappa shape index (κ2) is 4.86. The van der Waals surface area contributed by atoms with Crippen LogP contribution in [0.3, 0.4) is 0 Å². The first-order chi connectivity index (χ1) is 5.79. The molecule has 0 aromatic heterocycles. The van der Waals surface area contributed by atoms with Crippen LogP contribution in [-0.4, -0.2) is 12.6 Å². The Balaban J connectivity index is 2.41. The second-order valence-corrected chi connectivity index (χ2v) is 4.20. The molecule has 0 aromatic rings. The molecule has 3 atom stereocenters. The highest BCUT2D eigenvalue weighted by Crippen LogP contribution is 2.26. The van der Waals surface area contributed by atoms with Crippen LogP contribution < -0.4 is 5.32 Å². The van der Waals surface area contributed by atoms with Crippen LogP contribution in [0.2, 0.25) is 0 Å². The molecular formula is C11H23N. The van der Waals surface area contributed by atoms with Crippen LogP contribution in [0.25, 0.3) is 0 Å². The standard InChI is InChI=1S/C11H23N/c1-4-6-10(5-2)11-9(3)7-8-12-11/h9-12H,4-8H2,1-3H3. The summed E-state index contributed by atoms with van der Waals surface area (Å²) in [4.78, 5) is 0. The highest BCUT2D eigenvalue weighted by molar-refractivity contribution is 4.85. The molecule has 12 heavy (non-hydrogen) atoms. The summed E-state index contributed by atoms with van der Waals surface area (Å²) >= 11 is 0. The lowest BCUT2D eigenvalue weighted by atomic mass is 9.86. The van der Waals surface area contributed by atoms with Crippen molar-refractivity contribution in [1.29, 1.82) is 0 Å². The summed E-state index contributed by atoms with van der Waals surface area (Å²) in [7, 11) is 0. The third kappa shape index (κ3) is 2.22. The van der Waals surface area contributed by atoms with Crippen molar-refractivity contribution in [3.8, 4) is 0 Å². The first-order valence-electron chi connectivity index (χ1n) is 5.53. The molecule has 1 nitrogen and oxygen atoms in total. The van der Waals surface area contributed by atoms with Crippen LogP contribution in [0.15, 0.2) is 0 Å². The molecule has 1 rings (SSSR count). The third-order valence-electron chi connectivity index (χ3n) is 3.28. The van der Waals surface area contributed by atoms with Crippen molar-refractivity contribution < 1.29 is 0 Å². The lowest BCUT2D eigenvalue weighted by Crippen LogP contribution is -2.33. The van der Waals surface area contributed by atoms with Crippen LogP contribution in [0.1, 0.15) is 46.5 Å². The van der Waals surface area contributed by atoms with Gasteiger partial charge in [-0.15, -0.1) is 0 Å². The van der Waals surface area contributed by atoms with E-state index >= 15 is 0 Å². The van der Waals surface area contributed by atoms with Gasteiger partial charge in [-0.1, -0.05) is 33.6 Å². The Labute approximate surface area is 76.9 Å². The van der Waals surface area contributed by atoms with E-state index in [0.717, 1.165) is 17.9 Å². The Morgan fingerprint density at radius 3 is 2.58 bits per heavy atom. The summed E-state index contributed by atoms with van der Waals surface area (Å²) in [5, 5.41) is 3.64. The largest absolute Gasteiger partial charge is 0.313 e. The molecule has 0 saturated carbocycles. The normalized spacial score (nSPS) is 32.2. The van der Waals surface area contributed by atoms with Gasteiger partial charge in [0.2, 0.25) is 0 Å². The molecule has 72 valence electrons. The fraction of sp³-hybridized carbons (Fsp3) is 1.00. The zero-order valence-electron chi connectivity index (χ0n) is 8.77. The fourth-order valence-corrected chi connectivity index (χ4v) is 2.50. The molecule has 1 N–H and O–H groups in total. The van der Waals surface area contributed by atoms with E-state index in [9.17, 15) is 0 Å². The highest BCUT2D eigenvalue weighted by atomic mass is 15.0. The maximum atomic E-state index is 3.64. The summed E-state index contributed by atoms with van der Waals surface area (Å²) < 4.78 is 0. The van der Waals surface area contributed by atoms with Gasteiger partial charge < -0.3 is 5.32 Å². The number of rotatable bonds is 4. The van der Waals surface area contributed by atoms with Crippen LogP contribution in [0.5, 0.6) is 0 Å². The topological polar surface area (TPSA) is 12.0 Å². The molecule has 0 amide bonds. The van der Waals surface area contributed by atoms with Crippen LogP contribution in [0.4, 0.5) is 0 Å². The minimum absolute atomic E-state index is 0.815. The van der Waals surface area contributed by atoms with Gasteiger partial charge in [0, 0.05) is 6.04 Å². The Morgan fingerprint density at radius 2 is 2.17 bits per heavy atom. The summed E-state index contributed by atoms with van der Waals surface area (Å²) in [5.41, 5.74) is 0. The lowest BCUT2D eigenvalue weighted by molar-refractivity contribution is 0.303. The molecule has 0 spiro atoms. The van der Waals surface area contributed by atoms with Gasteiger partial charge in [-0.25, -0.2) is 0 Å². The van der Waals surface area contributed by atoms with Gasteiger partial charge in [-0.05, 0) is 31.2 Å². The van der Waals surface area contributed by atoms with E-state index in [4.69, 9.17) is 0 Å². The highest BCUT2D eigenvalue weighted by Gasteiger charge is 2.28. The third-order valence-corrected chi connectivity index (χ3v) is 3.28. The molecule has 1 aliphatic rings. The number of hydrogen-bond acceptors (Lipinski definition) is 1. The molecule has 1 fully saturated rings. The van der Waals surface area contributed by atoms with Crippen molar-refractivity contribution in [2.75, 3.05) is 6.54 Å². The average Bonchev–Trinajstić information content (AvgIpc) is 2.47. The van der Waals surface area contributed by atoms with Crippen molar-refractivity contribution in [1.82, 2.24) is 5.32 Å². The van der Waals surface area contributed by atoms with Gasteiger partial charge in [0.25, 0.3) is 0 Å². The van der Waals surface area contributed by atoms with E-state index in [0.29, 0.717) is 0 Å². The molecule has 0 bridgehead atoms. The van der Waals surface area contributed by atoms with Gasteiger partial charge in [-0.3, -0.25) is 0 Å². The van der Waals surface area contributed by atoms with E-state index in [1.54, 1.807) is 0 Å². The van der Waals surface area contributed by atoms with Crippen molar-refractivity contribution >= 4 is 0 Å². The predicted octanol–water partition coefficient (Wildman–Crippen LogP) is 2.81. The monoisotopic (exact) mass is 169 g/mol. The van der Waals surface area contributed by atoms with Crippen LogP contribution >= 0.6 is 0 Å². The summed E-state index contributed by atoms with van der Waals surface area (Å²) in [6, 6.07) is 0.815. The SMILES string of the molecule is CCCC(CC)C1NCCC1C. The lowest BCUT2D eigenvalue weighted by Gasteiger charge is -2.25. The zero-order chi connectivity index (χ0) is 8.97. The summed E-state index contributed by atoms with van der Waals surface area (Å²) in [6.07, 6.45) is 5.46. The van der Waals surface area contributed by atoms with Crippen molar-refractivity contribution in [2.45, 2.75) is 52.5 Å².